The Balaban J connectivity index is 1.20. The Morgan fingerprint density at radius 3 is 2.76 bits per heavy atom. The maximum absolute atomic E-state index is 12.7. The van der Waals surface area contributed by atoms with Crippen LogP contribution in [0.25, 0.3) is 11.4 Å². The molecule has 1 amide bonds. The summed E-state index contributed by atoms with van der Waals surface area (Å²) in [5, 5.41) is 7.87. The summed E-state index contributed by atoms with van der Waals surface area (Å²) in [5.41, 5.74) is 2.11. The van der Waals surface area contributed by atoms with Crippen molar-refractivity contribution in [2.24, 2.45) is 5.92 Å². The fraction of sp³-hybridized carbons (Fsp3) is 0.423. The first-order chi connectivity index (χ1) is 16.6. The molecule has 0 saturated carbocycles. The molecule has 1 saturated heterocycles. The molecule has 1 atom stereocenters. The zero-order valence-corrected chi connectivity index (χ0v) is 20.3. The van der Waals surface area contributed by atoms with Gasteiger partial charge in [-0.05, 0) is 81.1 Å². The number of amides is 1. The highest BCUT2D eigenvalue weighted by Crippen LogP contribution is 2.21. The van der Waals surface area contributed by atoms with Crippen LogP contribution in [0.3, 0.4) is 0 Å². The molecule has 1 N–H and O–H groups in total. The molecule has 2 aromatic carbocycles. The molecule has 0 radical (unpaired) electrons. The van der Waals surface area contributed by atoms with Crippen molar-refractivity contribution in [3.8, 4) is 17.1 Å². The van der Waals surface area contributed by atoms with Crippen LogP contribution >= 0.6 is 11.6 Å². The number of ether oxygens (including phenoxy) is 1. The molecule has 0 aliphatic carbocycles. The van der Waals surface area contributed by atoms with E-state index in [2.05, 4.69) is 32.5 Å². The van der Waals surface area contributed by atoms with Crippen molar-refractivity contribution in [1.82, 2.24) is 20.4 Å². The lowest BCUT2D eigenvalue weighted by molar-refractivity contribution is -0.126. The standard InChI is InChI=1S/C26H31ClN4O3/c1-2-33-23-13-7-19(8-14-23)5-3-15-28-26(32)21-6-4-16-31(17-21)18-24-29-25(30-34-24)20-9-11-22(27)12-10-20/h7-14,21H,2-6,15-18H2,1H3,(H,28,32). The Morgan fingerprint density at radius 2 is 2.00 bits per heavy atom. The van der Waals surface area contributed by atoms with Gasteiger partial charge in [-0.15, -0.1) is 0 Å². The van der Waals surface area contributed by atoms with Gasteiger partial charge in [-0.1, -0.05) is 28.9 Å². The van der Waals surface area contributed by atoms with Crippen LogP contribution in [-0.2, 0) is 17.8 Å². The third-order valence-electron chi connectivity index (χ3n) is 5.98. The van der Waals surface area contributed by atoms with Crippen LogP contribution in [-0.4, -0.2) is 47.2 Å². The SMILES string of the molecule is CCOc1ccc(CCCNC(=O)C2CCCN(Cc3nc(-c4ccc(Cl)cc4)no3)C2)cc1. The van der Waals surface area contributed by atoms with E-state index in [-0.39, 0.29) is 11.8 Å². The average molecular weight is 483 g/mol. The topological polar surface area (TPSA) is 80.5 Å². The van der Waals surface area contributed by atoms with Crippen LogP contribution < -0.4 is 10.1 Å². The molecule has 7 nitrogen and oxygen atoms in total. The summed E-state index contributed by atoms with van der Waals surface area (Å²) in [5.74, 6) is 2.11. The summed E-state index contributed by atoms with van der Waals surface area (Å²) in [6.45, 7) is 5.48. The Hall–Kier alpha value is -2.90. The zero-order chi connectivity index (χ0) is 23.8. The van der Waals surface area contributed by atoms with E-state index in [0.717, 1.165) is 43.5 Å². The first-order valence-electron chi connectivity index (χ1n) is 11.9. The number of hydrogen-bond donors (Lipinski definition) is 1. The van der Waals surface area contributed by atoms with Gasteiger partial charge in [0.05, 0.1) is 19.1 Å². The second kappa shape index (κ2) is 12.0. The molecule has 1 unspecified atom stereocenters. The lowest BCUT2D eigenvalue weighted by atomic mass is 9.97. The average Bonchev–Trinajstić information content (AvgIpc) is 3.32. The van der Waals surface area contributed by atoms with E-state index in [1.165, 1.54) is 5.56 Å². The second-order valence-electron chi connectivity index (χ2n) is 8.56. The van der Waals surface area contributed by atoms with E-state index in [1.54, 1.807) is 12.1 Å². The summed E-state index contributed by atoms with van der Waals surface area (Å²) < 4.78 is 10.9. The number of piperidine rings is 1. The monoisotopic (exact) mass is 482 g/mol. The Labute approximate surface area is 205 Å². The van der Waals surface area contributed by atoms with Crippen LogP contribution in [0.15, 0.2) is 53.1 Å². The Morgan fingerprint density at radius 1 is 1.21 bits per heavy atom. The fourth-order valence-electron chi connectivity index (χ4n) is 4.21. The summed E-state index contributed by atoms with van der Waals surface area (Å²) in [6, 6.07) is 15.5. The van der Waals surface area contributed by atoms with E-state index < -0.39 is 0 Å². The number of nitrogens with one attached hydrogen (secondary N) is 1. The lowest BCUT2D eigenvalue weighted by Gasteiger charge is -2.30. The summed E-state index contributed by atoms with van der Waals surface area (Å²) >= 11 is 5.95. The number of likely N-dealkylation sites (tertiary alicyclic amines) is 1. The molecule has 1 fully saturated rings. The smallest absolute Gasteiger partial charge is 0.241 e. The number of carbonyl (C=O) groups excluding carboxylic acids is 1. The number of nitrogens with zero attached hydrogens (tertiary/aromatic N) is 3. The summed E-state index contributed by atoms with van der Waals surface area (Å²) in [6.07, 6.45) is 3.71. The van der Waals surface area contributed by atoms with Crippen LogP contribution in [0.1, 0.15) is 37.6 Å². The van der Waals surface area contributed by atoms with Crippen molar-refractivity contribution in [3.05, 3.63) is 65.0 Å². The number of hydrogen-bond acceptors (Lipinski definition) is 6. The minimum absolute atomic E-state index is 0.0158. The summed E-state index contributed by atoms with van der Waals surface area (Å²) in [4.78, 5) is 19.4. The summed E-state index contributed by atoms with van der Waals surface area (Å²) in [7, 11) is 0. The molecular weight excluding hydrogens is 452 g/mol. The molecule has 1 aliphatic heterocycles. The van der Waals surface area contributed by atoms with Gasteiger partial charge in [0.25, 0.3) is 0 Å². The fourth-order valence-corrected chi connectivity index (χ4v) is 4.33. The van der Waals surface area contributed by atoms with Crippen LogP contribution in [0, 0.1) is 5.92 Å². The minimum atomic E-state index is -0.0158. The predicted octanol–water partition coefficient (Wildman–Crippen LogP) is 4.75. The number of carbonyl (C=O) groups is 1. The highest BCUT2D eigenvalue weighted by molar-refractivity contribution is 6.30. The molecule has 34 heavy (non-hydrogen) atoms. The number of aryl methyl sites for hydroxylation is 1. The van der Waals surface area contributed by atoms with Crippen molar-refractivity contribution in [3.63, 3.8) is 0 Å². The van der Waals surface area contributed by atoms with E-state index in [9.17, 15) is 4.79 Å². The molecular formula is C26H31ClN4O3. The number of rotatable bonds is 10. The first-order valence-corrected chi connectivity index (χ1v) is 12.3. The van der Waals surface area contributed by atoms with Gasteiger partial charge in [-0.25, -0.2) is 0 Å². The second-order valence-corrected chi connectivity index (χ2v) is 9.00. The molecule has 0 spiro atoms. The minimum Gasteiger partial charge on any atom is -0.494 e. The van der Waals surface area contributed by atoms with Crippen molar-refractivity contribution in [2.75, 3.05) is 26.2 Å². The van der Waals surface area contributed by atoms with Crippen LogP contribution in [0.5, 0.6) is 5.75 Å². The number of aromatic nitrogens is 2. The van der Waals surface area contributed by atoms with Crippen molar-refractivity contribution in [2.45, 2.75) is 39.2 Å². The van der Waals surface area contributed by atoms with E-state index in [4.69, 9.17) is 20.9 Å². The third-order valence-corrected chi connectivity index (χ3v) is 6.23. The molecule has 1 aromatic heterocycles. The maximum atomic E-state index is 12.7. The quantitative estimate of drug-likeness (QED) is 0.420. The van der Waals surface area contributed by atoms with Crippen molar-refractivity contribution >= 4 is 17.5 Å². The highest BCUT2D eigenvalue weighted by Gasteiger charge is 2.26. The number of halogens is 1. The van der Waals surface area contributed by atoms with E-state index in [1.807, 2.05) is 31.2 Å². The highest BCUT2D eigenvalue weighted by atomic mass is 35.5. The van der Waals surface area contributed by atoms with Crippen LogP contribution in [0.4, 0.5) is 0 Å². The zero-order valence-electron chi connectivity index (χ0n) is 19.5. The normalized spacial score (nSPS) is 16.4. The van der Waals surface area contributed by atoms with E-state index >= 15 is 0 Å². The van der Waals surface area contributed by atoms with Gasteiger partial charge in [-0.3, -0.25) is 9.69 Å². The lowest BCUT2D eigenvalue weighted by Crippen LogP contribution is -2.43. The van der Waals surface area contributed by atoms with Crippen molar-refractivity contribution < 1.29 is 14.1 Å². The maximum Gasteiger partial charge on any atom is 0.241 e. The van der Waals surface area contributed by atoms with Gasteiger partial charge in [0.15, 0.2) is 0 Å². The van der Waals surface area contributed by atoms with E-state index in [0.29, 0.717) is 43.0 Å². The Bertz CT molecular complexity index is 1050. The molecule has 3 aromatic rings. The molecule has 2 heterocycles. The molecule has 4 rings (SSSR count). The largest absolute Gasteiger partial charge is 0.494 e. The number of benzene rings is 2. The van der Waals surface area contributed by atoms with Crippen molar-refractivity contribution in [1.29, 1.82) is 0 Å². The van der Waals surface area contributed by atoms with Gasteiger partial charge in [0, 0.05) is 23.7 Å². The van der Waals surface area contributed by atoms with Gasteiger partial charge in [0.2, 0.25) is 17.6 Å². The van der Waals surface area contributed by atoms with Gasteiger partial charge < -0.3 is 14.6 Å². The Kier molecular flexibility index (Phi) is 8.55. The molecule has 0 bridgehead atoms. The molecule has 8 heteroatoms. The van der Waals surface area contributed by atoms with Gasteiger partial charge in [0.1, 0.15) is 5.75 Å². The molecule has 180 valence electrons. The first kappa shape index (κ1) is 24.2. The molecule has 1 aliphatic rings. The van der Waals surface area contributed by atoms with Gasteiger partial charge >= 0.3 is 0 Å². The van der Waals surface area contributed by atoms with Gasteiger partial charge in [-0.2, -0.15) is 4.98 Å². The predicted molar refractivity (Wildman–Crippen MR) is 132 cm³/mol. The third kappa shape index (κ3) is 6.81. The van der Waals surface area contributed by atoms with Crippen LogP contribution in [0.2, 0.25) is 5.02 Å².